The average Bonchev–Trinajstić information content (AvgIpc) is 3.03. The van der Waals surface area contributed by atoms with Crippen LogP contribution in [0.4, 0.5) is 0 Å². The van der Waals surface area contributed by atoms with Gasteiger partial charge in [0.05, 0.1) is 6.04 Å². The SMILES string of the molecule is O=C(C1CC12CCCC2)N1CCNCC1c1cccc(Cl)c1. The molecule has 1 aromatic carbocycles. The summed E-state index contributed by atoms with van der Waals surface area (Å²) in [7, 11) is 0. The van der Waals surface area contributed by atoms with Crippen molar-refractivity contribution < 1.29 is 4.79 Å². The lowest BCUT2D eigenvalue weighted by Gasteiger charge is -2.37. The number of nitrogens with one attached hydrogen (secondary N) is 1. The minimum Gasteiger partial charge on any atom is -0.333 e. The maximum Gasteiger partial charge on any atom is 0.226 e. The van der Waals surface area contributed by atoms with E-state index in [9.17, 15) is 4.79 Å². The molecule has 1 spiro atoms. The fourth-order valence-corrected chi connectivity index (χ4v) is 4.71. The van der Waals surface area contributed by atoms with Crippen LogP contribution in [0.1, 0.15) is 43.7 Å². The molecule has 0 bridgehead atoms. The van der Waals surface area contributed by atoms with Crippen LogP contribution in [-0.4, -0.2) is 30.4 Å². The monoisotopic (exact) mass is 318 g/mol. The molecule has 118 valence electrons. The number of carbonyl (C=O) groups excluding carboxylic acids is 1. The second kappa shape index (κ2) is 5.54. The number of hydrogen-bond acceptors (Lipinski definition) is 2. The first-order valence-corrected chi connectivity index (χ1v) is 8.84. The van der Waals surface area contributed by atoms with Crippen molar-refractivity contribution in [3.63, 3.8) is 0 Å². The van der Waals surface area contributed by atoms with E-state index >= 15 is 0 Å². The highest BCUT2D eigenvalue weighted by atomic mass is 35.5. The topological polar surface area (TPSA) is 32.3 Å². The molecule has 3 fully saturated rings. The Morgan fingerprint density at radius 3 is 2.91 bits per heavy atom. The number of halogens is 1. The van der Waals surface area contributed by atoms with Gasteiger partial charge < -0.3 is 10.2 Å². The van der Waals surface area contributed by atoms with Crippen molar-refractivity contribution in [2.24, 2.45) is 11.3 Å². The van der Waals surface area contributed by atoms with E-state index in [4.69, 9.17) is 11.6 Å². The van der Waals surface area contributed by atoms with Crippen molar-refractivity contribution >= 4 is 17.5 Å². The van der Waals surface area contributed by atoms with Gasteiger partial charge in [-0.3, -0.25) is 4.79 Å². The van der Waals surface area contributed by atoms with E-state index in [2.05, 4.69) is 16.3 Å². The molecule has 3 nitrogen and oxygen atoms in total. The van der Waals surface area contributed by atoms with Gasteiger partial charge in [-0.2, -0.15) is 0 Å². The zero-order chi connectivity index (χ0) is 15.2. The lowest BCUT2D eigenvalue weighted by molar-refractivity contribution is -0.136. The van der Waals surface area contributed by atoms with Crippen LogP contribution in [-0.2, 0) is 4.79 Å². The second-order valence-electron chi connectivity index (χ2n) is 7.13. The first-order chi connectivity index (χ1) is 10.7. The number of nitrogens with zero attached hydrogens (tertiary/aromatic N) is 1. The highest BCUT2D eigenvalue weighted by Crippen LogP contribution is 2.63. The van der Waals surface area contributed by atoms with Crippen LogP contribution in [0.15, 0.2) is 24.3 Å². The van der Waals surface area contributed by atoms with Gasteiger partial charge >= 0.3 is 0 Å². The zero-order valence-corrected chi connectivity index (χ0v) is 13.6. The number of piperazine rings is 1. The molecule has 2 aliphatic carbocycles. The van der Waals surface area contributed by atoms with E-state index in [1.165, 1.54) is 25.7 Å². The third kappa shape index (κ3) is 2.44. The molecule has 1 N–H and O–H groups in total. The summed E-state index contributed by atoms with van der Waals surface area (Å²) in [6.07, 6.45) is 6.26. The molecule has 3 aliphatic rings. The summed E-state index contributed by atoms with van der Waals surface area (Å²) in [5.74, 6) is 0.670. The number of benzene rings is 1. The van der Waals surface area contributed by atoms with Gasteiger partial charge in [0, 0.05) is 30.6 Å². The van der Waals surface area contributed by atoms with Gasteiger partial charge in [-0.25, -0.2) is 0 Å². The third-order valence-electron chi connectivity index (χ3n) is 5.85. The predicted molar refractivity (Wildman–Crippen MR) is 87.8 cm³/mol. The standard InChI is InChI=1S/C18H23ClN2O/c19-14-5-3-4-13(10-14)16-12-20-8-9-21(16)17(22)15-11-18(15)6-1-2-7-18/h3-5,10,15-16,20H,1-2,6-9,11-12H2. The minimum absolute atomic E-state index is 0.124. The Kier molecular flexibility index (Phi) is 3.66. The molecular weight excluding hydrogens is 296 g/mol. The van der Waals surface area contributed by atoms with E-state index in [0.717, 1.165) is 36.6 Å². The molecule has 1 amide bonds. The average molecular weight is 319 g/mol. The Morgan fingerprint density at radius 2 is 2.14 bits per heavy atom. The van der Waals surface area contributed by atoms with Crippen LogP contribution in [0, 0.1) is 11.3 Å². The molecule has 2 atom stereocenters. The summed E-state index contributed by atoms with van der Waals surface area (Å²) < 4.78 is 0. The summed E-state index contributed by atoms with van der Waals surface area (Å²) in [5, 5.41) is 4.17. The summed E-state index contributed by atoms with van der Waals surface area (Å²) in [5.41, 5.74) is 1.52. The Morgan fingerprint density at radius 1 is 1.32 bits per heavy atom. The van der Waals surface area contributed by atoms with E-state index in [-0.39, 0.29) is 12.0 Å². The molecule has 4 heteroatoms. The molecule has 1 aromatic rings. The number of hydrogen-bond donors (Lipinski definition) is 1. The van der Waals surface area contributed by atoms with Crippen molar-refractivity contribution in [1.29, 1.82) is 0 Å². The van der Waals surface area contributed by atoms with Gasteiger partial charge in [0.25, 0.3) is 0 Å². The van der Waals surface area contributed by atoms with E-state index in [0.29, 0.717) is 11.3 Å². The van der Waals surface area contributed by atoms with Gasteiger partial charge in [0.2, 0.25) is 5.91 Å². The Bertz CT molecular complexity index is 582. The van der Waals surface area contributed by atoms with Gasteiger partial charge in [-0.1, -0.05) is 36.6 Å². The molecule has 1 aliphatic heterocycles. The van der Waals surface area contributed by atoms with Crippen LogP contribution in [0.25, 0.3) is 0 Å². The van der Waals surface area contributed by atoms with Crippen LogP contribution in [0.3, 0.4) is 0 Å². The minimum atomic E-state index is 0.124. The summed E-state index contributed by atoms with van der Waals surface area (Å²) in [6, 6.07) is 8.07. The largest absolute Gasteiger partial charge is 0.333 e. The molecule has 4 rings (SSSR count). The first kappa shape index (κ1) is 14.5. The first-order valence-electron chi connectivity index (χ1n) is 8.46. The number of rotatable bonds is 2. The summed E-state index contributed by atoms with van der Waals surface area (Å²) in [4.78, 5) is 15.2. The summed E-state index contributed by atoms with van der Waals surface area (Å²) >= 11 is 6.14. The molecule has 22 heavy (non-hydrogen) atoms. The van der Waals surface area contributed by atoms with Gasteiger partial charge in [0.15, 0.2) is 0 Å². The van der Waals surface area contributed by atoms with Gasteiger partial charge in [-0.05, 0) is 42.4 Å². The van der Waals surface area contributed by atoms with Gasteiger partial charge in [0.1, 0.15) is 0 Å². The highest BCUT2D eigenvalue weighted by molar-refractivity contribution is 6.30. The quantitative estimate of drug-likeness (QED) is 0.906. The summed E-state index contributed by atoms with van der Waals surface area (Å²) in [6.45, 7) is 2.52. The molecular formula is C18H23ClN2O. The second-order valence-corrected chi connectivity index (χ2v) is 7.57. The van der Waals surface area contributed by atoms with Crippen LogP contribution in [0.2, 0.25) is 5.02 Å². The number of amides is 1. The fourth-order valence-electron chi connectivity index (χ4n) is 4.51. The maximum absolute atomic E-state index is 13.1. The third-order valence-corrected chi connectivity index (χ3v) is 6.08. The van der Waals surface area contributed by atoms with Crippen molar-refractivity contribution in [2.45, 2.75) is 38.1 Å². The molecule has 1 heterocycles. The lowest BCUT2D eigenvalue weighted by atomic mass is 9.99. The van der Waals surface area contributed by atoms with Crippen LogP contribution in [0.5, 0.6) is 0 Å². The molecule has 0 radical (unpaired) electrons. The van der Waals surface area contributed by atoms with Gasteiger partial charge in [-0.15, -0.1) is 0 Å². The zero-order valence-electron chi connectivity index (χ0n) is 12.9. The smallest absolute Gasteiger partial charge is 0.226 e. The van der Waals surface area contributed by atoms with Crippen LogP contribution < -0.4 is 5.32 Å². The highest BCUT2D eigenvalue weighted by Gasteiger charge is 2.59. The predicted octanol–water partition coefficient (Wildman–Crippen LogP) is 3.39. The van der Waals surface area contributed by atoms with E-state index in [1.807, 2.05) is 18.2 Å². The van der Waals surface area contributed by atoms with E-state index < -0.39 is 0 Å². The van der Waals surface area contributed by atoms with Crippen molar-refractivity contribution in [2.75, 3.05) is 19.6 Å². The Labute approximate surface area is 137 Å². The molecule has 2 saturated carbocycles. The fraction of sp³-hybridized carbons (Fsp3) is 0.611. The Balaban J connectivity index is 1.55. The maximum atomic E-state index is 13.1. The van der Waals surface area contributed by atoms with Crippen molar-refractivity contribution in [3.8, 4) is 0 Å². The Hall–Kier alpha value is -1.06. The molecule has 0 aromatic heterocycles. The normalized spacial score (nSPS) is 29.8. The van der Waals surface area contributed by atoms with Crippen molar-refractivity contribution in [3.05, 3.63) is 34.9 Å². The lowest BCUT2D eigenvalue weighted by Crippen LogP contribution is -2.49. The van der Waals surface area contributed by atoms with Crippen molar-refractivity contribution in [1.82, 2.24) is 10.2 Å². The van der Waals surface area contributed by atoms with E-state index in [1.54, 1.807) is 0 Å². The molecule has 2 unspecified atom stereocenters. The van der Waals surface area contributed by atoms with Crippen LogP contribution >= 0.6 is 11.6 Å². The molecule has 1 saturated heterocycles. The number of carbonyl (C=O) groups is 1.